The minimum atomic E-state index is 0.0949. The van der Waals surface area contributed by atoms with Crippen LogP contribution in [0.15, 0.2) is 36.5 Å². The fourth-order valence-corrected chi connectivity index (χ4v) is 2.40. The molecule has 0 radical (unpaired) electrons. The van der Waals surface area contributed by atoms with Crippen LogP contribution in [0.4, 0.5) is 0 Å². The molecule has 1 aromatic heterocycles. The lowest BCUT2D eigenvalue weighted by Gasteiger charge is -2.17. The second kappa shape index (κ2) is 6.23. The zero-order valence-corrected chi connectivity index (χ0v) is 13.0. The third kappa shape index (κ3) is 3.94. The lowest BCUT2D eigenvalue weighted by atomic mass is 9.89. The Hall–Kier alpha value is -1.61. The molecule has 20 heavy (non-hydrogen) atoms. The Kier molecular flexibility index (Phi) is 4.61. The van der Waals surface area contributed by atoms with Gasteiger partial charge in [-0.25, -0.2) is 0 Å². The maximum absolute atomic E-state index is 4.60. The van der Waals surface area contributed by atoms with Crippen molar-refractivity contribution in [2.24, 2.45) is 7.05 Å². The van der Waals surface area contributed by atoms with Gasteiger partial charge in [0.25, 0.3) is 0 Å². The average Bonchev–Trinajstić information content (AvgIpc) is 2.77. The molecule has 0 spiro atoms. The minimum Gasteiger partial charge on any atom is -0.312 e. The van der Waals surface area contributed by atoms with Crippen LogP contribution in [0.2, 0.25) is 0 Å². The molecule has 0 aliphatic rings. The number of aryl methyl sites for hydroxylation is 1. The number of rotatable bonds is 5. The predicted octanol–water partition coefficient (Wildman–Crippen LogP) is 3.05. The van der Waals surface area contributed by atoms with Gasteiger partial charge in [0.05, 0.1) is 5.69 Å². The Balaban J connectivity index is 1.88. The summed E-state index contributed by atoms with van der Waals surface area (Å²) in [6.07, 6.45) is 3.18. The molecule has 0 aliphatic carbocycles. The molecule has 0 fully saturated rings. The number of benzene rings is 1. The molecule has 0 saturated carbocycles. The van der Waals surface area contributed by atoms with E-state index in [-0.39, 0.29) is 5.41 Å². The molecule has 0 amide bonds. The average molecular weight is 271 g/mol. The Morgan fingerprint density at radius 3 is 2.50 bits per heavy atom. The van der Waals surface area contributed by atoms with E-state index in [1.807, 2.05) is 11.7 Å². The lowest BCUT2D eigenvalue weighted by Crippen LogP contribution is -2.20. The summed E-state index contributed by atoms with van der Waals surface area (Å²) in [6, 6.07) is 10.6. The predicted molar refractivity (Wildman–Crippen MR) is 83.8 cm³/mol. The number of nitrogens with zero attached hydrogens (tertiary/aromatic N) is 2. The minimum absolute atomic E-state index is 0.0949. The molecule has 1 N–H and O–H groups in total. The molecule has 108 valence electrons. The summed E-state index contributed by atoms with van der Waals surface area (Å²) >= 11 is 0. The van der Waals surface area contributed by atoms with E-state index < -0.39 is 0 Å². The van der Waals surface area contributed by atoms with Crippen molar-refractivity contribution in [2.45, 2.75) is 39.2 Å². The second-order valence-corrected chi connectivity index (χ2v) is 6.34. The quantitative estimate of drug-likeness (QED) is 0.847. The summed E-state index contributed by atoms with van der Waals surface area (Å²) in [5.41, 5.74) is 3.96. The van der Waals surface area contributed by atoms with E-state index in [4.69, 9.17) is 0 Å². The number of nitrogens with one attached hydrogen (secondary N) is 1. The Morgan fingerprint density at radius 2 is 1.85 bits per heavy atom. The zero-order valence-electron chi connectivity index (χ0n) is 13.0. The van der Waals surface area contributed by atoms with E-state index in [1.165, 1.54) is 16.8 Å². The van der Waals surface area contributed by atoms with Gasteiger partial charge in [0, 0.05) is 30.8 Å². The van der Waals surface area contributed by atoms with Crippen molar-refractivity contribution in [1.29, 1.82) is 0 Å². The van der Waals surface area contributed by atoms with Gasteiger partial charge in [-0.1, -0.05) is 51.1 Å². The van der Waals surface area contributed by atoms with E-state index in [0.29, 0.717) is 0 Å². The maximum atomic E-state index is 4.60. The molecule has 2 aromatic rings. The largest absolute Gasteiger partial charge is 0.312 e. The zero-order chi connectivity index (χ0) is 14.6. The summed E-state index contributed by atoms with van der Waals surface area (Å²) in [6.45, 7) is 8.50. The molecular formula is C17H25N3. The monoisotopic (exact) mass is 271 g/mol. The first-order valence-electron chi connectivity index (χ1n) is 7.24. The van der Waals surface area contributed by atoms with Gasteiger partial charge in [0.15, 0.2) is 0 Å². The molecule has 0 bridgehead atoms. The highest BCUT2D eigenvalue weighted by atomic mass is 15.3. The van der Waals surface area contributed by atoms with E-state index in [2.05, 4.69) is 67.7 Å². The summed E-state index contributed by atoms with van der Waals surface area (Å²) in [7, 11) is 1.99. The lowest BCUT2D eigenvalue weighted by molar-refractivity contribution is 0.543. The van der Waals surface area contributed by atoms with Gasteiger partial charge in [-0.2, -0.15) is 5.10 Å². The van der Waals surface area contributed by atoms with Crippen molar-refractivity contribution in [3.05, 3.63) is 53.3 Å². The summed E-state index contributed by atoms with van der Waals surface area (Å²) < 4.78 is 1.91. The van der Waals surface area contributed by atoms with Crippen LogP contribution in [-0.2, 0) is 25.4 Å². The van der Waals surface area contributed by atoms with Gasteiger partial charge < -0.3 is 5.32 Å². The maximum Gasteiger partial charge on any atom is 0.0722 e. The van der Waals surface area contributed by atoms with Crippen molar-refractivity contribution in [3.8, 4) is 0 Å². The van der Waals surface area contributed by atoms with Crippen LogP contribution in [0.5, 0.6) is 0 Å². The van der Waals surface area contributed by atoms with Crippen LogP contribution in [-0.4, -0.2) is 16.3 Å². The van der Waals surface area contributed by atoms with E-state index in [0.717, 1.165) is 19.5 Å². The number of hydrogen-bond donors (Lipinski definition) is 1. The van der Waals surface area contributed by atoms with Crippen LogP contribution in [0.3, 0.4) is 0 Å². The highest BCUT2D eigenvalue weighted by Crippen LogP contribution is 2.23. The van der Waals surface area contributed by atoms with Gasteiger partial charge in [0.2, 0.25) is 0 Å². The molecule has 3 nitrogen and oxygen atoms in total. The standard InChI is InChI=1S/C17H25N3/c1-17(2,3)16-15(13-20(4)19-16)12-18-11-10-14-8-6-5-7-9-14/h5-9,13,18H,10-12H2,1-4H3. The fourth-order valence-electron chi connectivity index (χ4n) is 2.40. The molecule has 0 aliphatic heterocycles. The van der Waals surface area contributed by atoms with Crippen molar-refractivity contribution >= 4 is 0 Å². The van der Waals surface area contributed by atoms with Gasteiger partial charge in [-0.05, 0) is 18.5 Å². The van der Waals surface area contributed by atoms with Crippen molar-refractivity contribution in [3.63, 3.8) is 0 Å². The molecule has 0 atom stereocenters. The molecule has 1 aromatic carbocycles. The normalized spacial score (nSPS) is 11.8. The van der Waals surface area contributed by atoms with Crippen LogP contribution in [0.25, 0.3) is 0 Å². The van der Waals surface area contributed by atoms with Gasteiger partial charge in [-0.15, -0.1) is 0 Å². The van der Waals surface area contributed by atoms with E-state index in [9.17, 15) is 0 Å². The third-order valence-electron chi connectivity index (χ3n) is 3.36. The first kappa shape index (κ1) is 14.8. The summed E-state index contributed by atoms with van der Waals surface area (Å²) in [5, 5.41) is 8.12. The van der Waals surface area contributed by atoms with Crippen molar-refractivity contribution in [1.82, 2.24) is 15.1 Å². The topological polar surface area (TPSA) is 29.9 Å². The van der Waals surface area contributed by atoms with Crippen molar-refractivity contribution < 1.29 is 0 Å². The number of aromatic nitrogens is 2. The SMILES string of the molecule is Cn1cc(CNCCc2ccccc2)c(C(C)(C)C)n1. The smallest absolute Gasteiger partial charge is 0.0722 e. The second-order valence-electron chi connectivity index (χ2n) is 6.34. The summed E-state index contributed by atoms with van der Waals surface area (Å²) in [4.78, 5) is 0. The first-order valence-corrected chi connectivity index (χ1v) is 7.24. The Bertz CT molecular complexity index is 535. The van der Waals surface area contributed by atoms with Crippen LogP contribution in [0.1, 0.15) is 37.6 Å². The Labute approximate surface area is 122 Å². The number of hydrogen-bond acceptors (Lipinski definition) is 2. The van der Waals surface area contributed by atoms with Gasteiger partial charge in [0.1, 0.15) is 0 Å². The van der Waals surface area contributed by atoms with Crippen molar-refractivity contribution in [2.75, 3.05) is 6.54 Å². The molecular weight excluding hydrogens is 246 g/mol. The molecule has 2 rings (SSSR count). The molecule has 0 saturated heterocycles. The van der Waals surface area contributed by atoms with Crippen LogP contribution < -0.4 is 5.32 Å². The summed E-state index contributed by atoms with van der Waals surface area (Å²) in [5.74, 6) is 0. The van der Waals surface area contributed by atoms with Gasteiger partial charge in [-0.3, -0.25) is 4.68 Å². The Morgan fingerprint density at radius 1 is 1.15 bits per heavy atom. The molecule has 3 heteroatoms. The van der Waals surface area contributed by atoms with E-state index >= 15 is 0 Å². The van der Waals surface area contributed by atoms with E-state index in [1.54, 1.807) is 0 Å². The van der Waals surface area contributed by atoms with Gasteiger partial charge >= 0.3 is 0 Å². The molecule has 1 heterocycles. The van der Waals surface area contributed by atoms with Crippen LogP contribution >= 0.6 is 0 Å². The highest BCUT2D eigenvalue weighted by Gasteiger charge is 2.21. The first-order chi connectivity index (χ1) is 9.47. The third-order valence-corrected chi connectivity index (χ3v) is 3.36. The fraction of sp³-hybridized carbons (Fsp3) is 0.471. The highest BCUT2D eigenvalue weighted by molar-refractivity contribution is 5.24. The molecule has 0 unspecified atom stereocenters. The van der Waals surface area contributed by atoms with Crippen LogP contribution in [0, 0.1) is 0 Å².